The molecule has 0 radical (unpaired) electrons. The molecule has 4 aromatic rings. The largest absolute Gasteiger partial charge is 0.353 e. The summed E-state index contributed by atoms with van der Waals surface area (Å²) in [7, 11) is 0. The van der Waals surface area contributed by atoms with Gasteiger partial charge in [0.15, 0.2) is 0 Å². The van der Waals surface area contributed by atoms with Crippen molar-refractivity contribution in [2.24, 2.45) is 0 Å². The molecule has 0 N–H and O–H groups in total. The van der Waals surface area contributed by atoms with E-state index in [9.17, 15) is 0 Å². The Bertz CT molecular complexity index is 1100. The van der Waals surface area contributed by atoms with E-state index in [4.69, 9.17) is 34.8 Å². The van der Waals surface area contributed by atoms with Gasteiger partial charge >= 0.3 is 0 Å². The highest BCUT2D eigenvalue weighted by Crippen LogP contribution is 2.39. The van der Waals surface area contributed by atoms with Crippen LogP contribution in [0.4, 0.5) is 0 Å². The van der Waals surface area contributed by atoms with Gasteiger partial charge in [0.2, 0.25) is 0 Å². The molecule has 0 aliphatic carbocycles. The summed E-state index contributed by atoms with van der Waals surface area (Å²) in [5.74, 6) is 0. The molecular weight excluding hydrogens is 425 g/mol. The number of hydrogen-bond acceptors (Lipinski definition) is 1. The van der Waals surface area contributed by atoms with Gasteiger partial charge in [0.25, 0.3) is 0 Å². The molecule has 0 saturated carbocycles. The third kappa shape index (κ3) is 4.23. The van der Waals surface area contributed by atoms with Crippen LogP contribution in [-0.4, -0.2) is 14.1 Å². The maximum Gasteiger partial charge on any atom is 0.0954 e. The zero-order valence-electron chi connectivity index (χ0n) is 15.9. The molecule has 0 aliphatic heterocycles. The summed E-state index contributed by atoms with van der Waals surface area (Å²) in [5, 5.41) is 1.96. The molecule has 0 saturated heterocycles. The van der Waals surface area contributed by atoms with E-state index in [2.05, 4.69) is 33.4 Å². The SMILES string of the molecule is CCCn1cc(-c2ccc(Cl)cc2)c(C(c2ccc(Cl)cc2Cl)n2ccnc2)c1. The number of benzene rings is 2. The fourth-order valence-corrected chi connectivity index (χ4v) is 4.27. The maximum absolute atomic E-state index is 6.64. The van der Waals surface area contributed by atoms with E-state index in [1.54, 1.807) is 12.3 Å². The lowest BCUT2D eigenvalue weighted by molar-refractivity contribution is 0.657. The number of hydrogen-bond donors (Lipinski definition) is 0. The topological polar surface area (TPSA) is 22.8 Å². The van der Waals surface area contributed by atoms with Crippen LogP contribution in [0.1, 0.15) is 30.5 Å². The molecule has 2 heterocycles. The first-order valence-corrected chi connectivity index (χ1v) is 10.6. The molecule has 29 heavy (non-hydrogen) atoms. The third-order valence-electron chi connectivity index (χ3n) is 4.92. The van der Waals surface area contributed by atoms with Crippen LogP contribution in [0.3, 0.4) is 0 Å². The third-order valence-corrected chi connectivity index (χ3v) is 5.74. The van der Waals surface area contributed by atoms with Crippen LogP contribution in [-0.2, 0) is 6.54 Å². The fraction of sp³-hybridized carbons (Fsp3) is 0.174. The van der Waals surface area contributed by atoms with Gasteiger partial charge in [0.1, 0.15) is 0 Å². The Morgan fingerprint density at radius 2 is 1.69 bits per heavy atom. The Hall–Kier alpha value is -2.20. The Kier molecular flexibility index (Phi) is 6.00. The second-order valence-corrected chi connectivity index (χ2v) is 8.23. The standard InChI is InChI=1S/C23H20Cl3N3/c1-2-10-28-13-20(16-3-5-17(24)6-4-16)21(14-28)23(29-11-9-27-15-29)19-8-7-18(25)12-22(19)26/h3-9,11-15,23H,2,10H2,1H3. The predicted molar refractivity (Wildman–Crippen MR) is 121 cm³/mol. The van der Waals surface area contributed by atoms with Gasteiger partial charge in [-0.3, -0.25) is 0 Å². The average molecular weight is 445 g/mol. The minimum absolute atomic E-state index is 0.133. The van der Waals surface area contributed by atoms with Gasteiger partial charge < -0.3 is 9.13 Å². The van der Waals surface area contributed by atoms with Gasteiger partial charge in [0, 0.05) is 57.5 Å². The van der Waals surface area contributed by atoms with Crippen LogP contribution in [0.15, 0.2) is 73.6 Å². The minimum atomic E-state index is -0.133. The van der Waals surface area contributed by atoms with Crippen LogP contribution < -0.4 is 0 Å². The van der Waals surface area contributed by atoms with Gasteiger partial charge in [-0.1, -0.05) is 59.9 Å². The van der Waals surface area contributed by atoms with Crippen molar-refractivity contribution < 1.29 is 0 Å². The summed E-state index contributed by atoms with van der Waals surface area (Å²) in [6, 6.07) is 13.4. The van der Waals surface area contributed by atoms with E-state index < -0.39 is 0 Å². The molecular formula is C23H20Cl3N3. The van der Waals surface area contributed by atoms with Gasteiger partial charge in [0.05, 0.1) is 12.4 Å². The predicted octanol–water partition coefficient (Wildman–Crippen LogP) is 7.36. The van der Waals surface area contributed by atoms with E-state index in [0.29, 0.717) is 10.0 Å². The lowest BCUT2D eigenvalue weighted by Crippen LogP contribution is -2.11. The summed E-state index contributed by atoms with van der Waals surface area (Å²) in [5.41, 5.74) is 4.36. The zero-order valence-corrected chi connectivity index (χ0v) is 18.2. The van der Waals surface area contributed by atoms with Gasteiger partial charge in [-0.2, -0.15) is 0 Å². The van der Waals surface area contributed by atoms with E-state index >= 15 is 0 Å². The maximum atomic E-state index is 6.64. The van der Waals surface area contributed by atoms with Crippen LogP contribution >= 0.6 is 34.8 Å². The van der Waals surface area contributed by atoms with Crippen molar-refractivity contribution in [2.75, 3.05) is 0 Å². The normalized spacial score (nSPS) is 12.3. The first-order chi connectivity index (χ1) is 14.1. The van der Waals surface area contributed by atoms with E-state index in [1.165, 1.54) is 0 Å². The molecule has 0 amide bonds. The first-order valence-electron chi connectivity index (χ1n) is 9.45. The minimum Gasteiger partial charge on any atom is -0.353 e. The van der Waals surface area contributed by atoms with Crippen molar-refractivity contribution in [1.29, 1.82) is 0 Å². The Balaban J connectivity index is 1.93. The number of rotatable bonds is 6. The molecule has 1 unspecified atom stereocenters. The molecule has 0 fully saturated rings. The molecule has 2 aromatic heterocycles. The van der Waals surface area contributed by atoms with Gasteiger partial charge in [-0.05, 0) is 41.8 Å². The molecule has 0 bridgehead atoms. The lowest BCUT2D eigenvalue weighted by Gasteiger charge is -2.21. The van der Waals surface area contributed by atoms with E-state index in [-0.39, 0.29) is 6.04 Å². The molecule has 148 valence electrons. The number of imidazole rings is 1. The van der Waals surface area contributed by atoms with Crippen LogP contribution in [0.2, 0.25) is 15.1 Å². The molecule has 4 rings (SSSR count). The van der Waals surface area contributed by atoms with Crippen LogP contribution in [0.25, 0.3) is 11.1 Å². The first kappa shape index (κ1) is 20.1. The summed E-state index contributed by atoms with van der Waals surface area (Å²) in [6.45, 7) is 3.11. The lowest BCUT2D eigenvalue weighted by atomic mass is 9.94. The molecule has 2 aromatic carbocycles. The van der Waals surface area contributed by atoms with Crippen LogP contribution in [0.5, 0.6) is 0 Å². The monoisotopic (exact) mass is 443 g/mol. The molecule has 0 aliphatic rings. The molecule has 6 heteroatoms. The summed E-state index contributed by atoms with van der Waals surface area (Å²) in [6.07, 6.45) is 11.0. The Morgan fingerprint density at radius 1 is 0.931 bits per heavy atom. The number of halogens is 3. The smallest absolute Gasteiger partial charge is 0.0954 e. The summed E-state index contributed by atoms with van der Waals surface area (Å²) in [4.78, 5) is 4.27. The van der Waals surface area contributed by atoms with Crippen molar-refractivity contribution in [1.82, 2.24) is 14.1 Å². The number of aryl methyl sites for hydroxylation is 1. The second-order valence-electron chi connectivity index (χ2n) is 6.95. The quantitative estimate of drug-likeness (QED) is 0.304. The highest BCUT2D eigenvalue weighted by molar-refractivity contribution is 6.35. The zero-order chi connectivity index (χ0) is 20.4. The highest BCUT2D eigenvalue weighted by atomic mass is 35.5. The van der Waals surface area contributed by atoms with Crippen molar-refractivity contribution in [3.63, 3.8) is 0 Å². The Morgan fingerprint density at radius 3 is 2.34 bits per heavy atom. The van der Waals surface area contributed by atoms with E-state index in [1.807, 2.05) is 48.9 Å². The average Bonchev–Trinajstić information content (AvgIpc) is 3.36. The summed E-state index contributed by atoms with van der Waals surface area (Å²) < 4.78 is 4.30. The summed E-state index contributed by atoms with van der Waals surface area (Å²) >= 11 is 18.9. The van der Waals surface area contributed by atoms with Crippen molar-refractivity contribution in [3.05, 3.63) is 99.8 Å². The fourth-order valence-electron chi connectivity index (χ4n) is 3.64. The van der Waals surface area contributed by atoms with Gasteiger partial charge in [-0.25, -0.2) is 4.98 Å². The van der Waals surface area contributed by atoms with Crippen molar-refractivity contribution in [3.8, 4) is 11.1 Å². The molecule has 3 nitrogen and oxygen atoms in total. The van der Waals surface area contributed by atoms with Crippen molar-refractivity contribution in [2.45, 2.75) is 25.9 Å². The Labute approximate surface area is 185 Å². The van der Waals surface area contributed by atoms with Crippen molar-refractivity contribution >= 4 is 34.8 Å². The number of nitrogens with zero attached hydrogens (tertiary/aromatic N) is 3. The second kappa shape index (κ2) is 8.66. The molecule has 1 atom stereocenters. The van der Waals surface area contributed by atoms with E-state index in [0.717, 1.165) is 40.2 Å². The van der Waals surface area contributed by atoms with Crippen LogP contribution in [0, 0.1) is 0 Å². The highest BCUT2D eigenvalue weighted by Gasteiger charge is 2.24. The number of aromatic nitrogens is 3. The van der Waals surface area contributed by atoms with Gasteiger partial charge in [-0.15, -0.1) is 0 Å². The molecule has 0 spiro atoms.